The lowest BCUT2D eigenvalue weighted by atomic mass is 9.91. The Labute approximate surface area is 138 Å². The van der Waals surface area contributed by atoms with Crippen molar-refractivity contribution >= 4 is 28.3 Å². The molecule has 0 fully saturated rings. The van der Waals surface area contributed by atoms with Crippen LogP contribution in [0.15, 0.2) is 18.2 Å². The number of hydrogen-bond donors (Lipinski definition) is 2. The summed E-state index contributed by atoms with van der Waals surface area (Å²) in [6.45, 7) is 3.90. The molecule has 5 nitrogen and oxygen atoms in total. The number of hydrogen-bond acceptors (Lipinski definition) is 4. The minimum absolute atomic E-state index is 0.213. The SMILES string of the molecule is Cc1cc(C)cc(C(=O)Nc2nc3c(s2)CCCC3C(=O)O)c1. The van der Waals surface area contributed by atoms with Gasteiger partial charge >= 0.3 is 5.97 Å². The second kappa shape index (κ2) is 6.12. The van der Waals surface area contributed by atoms with E-state index in [4.69, 9.17) is 0 Å². The molecule has 3 rings (SSSR count). The van der Waals surface area contributed by atoms with Crippen molar-refractivity contribution in [3.63, 3.8) is 0 Å². The fourth-order valence-electron chi connectivity index (χ4n) is 2.99. The van der Waals surface area contributed by atoms with Crippen molar-refractivity contribution in [2.24, 2.45) is 0 Å². The molecule has 1 atom stereocenters. The Morgan fingerprint density at radius 2 is 1.96 bits per heavy atom. The Morgan fingerprint density at radius 1 is 1.26 bits per heavy atom. The van der Waals surface area contributed by atoms with E-state index in [9.17, 15) is 14.7 Å². The number of carbonyl (C=O) groups excluding carboxylic acids is 1. The zero-order chi connectivity index (χ0) is 16.6. The average Bonchev–Trinajstić information content (AvgIpc) is 2.87. The third-order valence-corrected chi connectivity index (χ3v) is 5.00. The predicted octanol–water partition coefficient (Wildman–Crippen LogP) is 3.52. The predicted molar refractivity (Wildman–Crippen MR) is 89.3 cm³/mol. The Hall–Kier alpha value is -2.21. The number of rotatable bonds is 3. The number of aromatic nitrogens is 1. The highest BCUT2D eigenvalue weighted by Gasteiger charge is 2.30. The van der Waals surface area contributed by atoms with E-state index in [0.717, 1.165) is 28.8 Å². The molecule has 1 aliphatic rings. The maximum absolute atomic E-state index is 12.4. The summed E-state index contributed by atoms with van der Waals surface area (Å²) in [5.74, 6) is -1.61. The number of anilines is 1. The van der Waals surface area contributed by atoms with Crippen LogP contribution < -0.4 is 5.32 Å². The number of carboxylic acid groups (broad SMARTS) is 1. The second-order valence-corrected chi connectivity index (χ2v) is 7.02. The fourth-order valence-corrected chi connectivity index (χ4v) is 4.05. The molecule has 0 saturated carbocycles. The van der Waals surface area contributed by atoms with Crippen LogP contribution in [0.2, 0.25) is 0 Å². The number of nitrogens with one attached hydrogen (secondary N) is 1. The molecular formula is C17H18N2O3S. The van der Waals surface area contributed by atoms with Crippen molar-refractivity contribution in [1.82, 2.24) is 4.98 Å². The summed E-state index contributed by atoms with van der Waals surface area (Å²) in [5.41, 5.74) is 3.26. The van der Waals surface area contributed by atoms with Crippen LogP contribution in [-0.4, -0.2) is 22.0 Å². The van der Waals surface area contributed by atoms with E-state index in [2.05, 4.69) is 10.3 Å². The second-order valence-electron chi connectivity index (χ2n) is 5.94. The number of thiazole rings is 1. The average molecular weight is 330 g/mol. The van der Waals surface area contributed by atoms with Gasteiger partial charge in [0.1, 0.15) is 5.92 Å². The van der Waals surface area contributed by atoms with Gasteiger partial charge in [-0.05, 0) is 45.2 Å². The summed E-state index contributed by atoms with van der Waals surface area (Å²) in [5, 5.41) is 12.6. The quantitative estimate of drug-likeness (QED) is 0.902. The number of aliphatic carboxylic acids is 1. The number of amides is 1. The van der Waals surface area contributed by atoms with Gasteiger partial charge in [-0.25, -0.2) is 4.98 Å². The molecule has 1 aliphatic carbocycles. The van der Waals surface area contributed by atoms with Crippen molar-refractivity contribution < 1.29 is 14.7 Å². The minimum Gasteiger partial charge on any atom is -0.481 e. The molecule has 23 heavy (non-hydrogen) atoms. The topological polar surface area (TPSA) is 79.3 Å². The van der Waals surface area contributed by atoms with E-state index in [1.54, 1.807) is 0 Å². The number of fused-ring (bicyclic) bond motifs is 1. The number of nitrogens with zero attached hydrogens (tertiary/aromatic N) is 1. The molecule has 0 radical (unpaired) electrons. The van der Waals surface area contributed by atoms with Gasteiger partial charge in [-0.1, -0.05) is 17.2 Å². The number of carboxylic acids is 1. The van der Waals surface area contributed by atoms with Crippen LogP contribution in [0, 0.1) is 13.8 Å². The van der Waals surface area contributed by atoms with E-state index in [0.29, 0.717) is 22.8 Å². The maximum Gasteiger partial charge on any atom is 0.312 e. The molecule has 120 valence electrons. The Bertz CT molecular complexity index is 762. The van der Waals surface area contributed by atoms with Gasteiger partial charge in [-0.2, -0.15) is 0 Å². The van der Waals surface area contributed by atoms with Crippen LogP contribution in [0.25, 0.3) is 0 Å². The lowest BCUT2D eigenvalue weighted by Gasteiger charge is -2.16. The van der Waals surface area contributed by atoms with Crippen LogP contribution in [0.5, 0.6) is 0 Å². The molecule has 1 heterocycles. The minimum atomic E-state index is -0.844. The van der Waals surface area contributed by atoms with E-state index < -0.39 is 11.9 Å². The molecular weight excluding hydrogens is 312 g/mol. The third-order valence-electron chi connectivity index (χ3n) is 3.96. The molecule has 1 aromatic carbocycles. The molecule has 1 amide bonds. The maximum atomic E-state index is 12.4. The molecule has 0 spiro atoms. The molecule has 1 unspecified atom stereocenters. The summed E-state index contributed by atoms with van der Waals surface area (Å²) in [6.07, 6.45) is 2.28. The first-order valence-electron chi connectivity index (χ1n) is 7.56. The first kappa shape index (κ1) is 15.7. The highest BCUT2D eigenvalue weighted by Crippen LogP contribution is 2.36. The van der Waals surface area contributed by atoms with Gasteiger partial charge in [0.15, 0.2) is 5.13 Å². The fraction of sp³-hybridized carbons (Fsp3) is 0.353. The summed E-state index contributed by atoms with van der Waals surface area (Å²) in [4.78, 5) is 29.0. The van der Waals surface area contributed by atoms with Crippen LogP contribution in [-0.2, 0) is 11.2 Å². The van der Waals surface area contributed by atoms with Crippen molar-refractivity contribution in [1.29, 1.82) is 0 Å². The van der Waals surface area contributed by atoms with Gasteiger partial charge in [0.05, 0.1) is 5.69 Å². The van der Waals surface area contributed by atoms with E-state index in [-0.39, 0.29) is 5.91 Å². The summed E-state index contributed by atoms with van der Waals surface area (Å²) >= 11 is 1.38. The normalized spacial score (nSPS) is 16.7. The first-order valence-corrected chi connectivity index (χ1v) is 8.38. The van der Waals surface area contributed by atoms with Crippen LogP contribution in [0.1, 0.15) is 50.8 Å². The largest absolute Gasteiger partial charge is 0.481 e. The number of aryl methyl sites for hydroxylation is 3. The molecule has 2 N–H and O–H groups in total. The Morgan fingerprint density at radius 3 is 2.61 bits per heavy atom. The smallest absolute Gasteiger partial charge is 0.312 e. The molecule has 6 heteroatoms. The molecule has 2 aromatic rings. The van der Waals surface area contributed by atoms with Gasteiger partial charge in [0, 0.05) is 10.4 Å². The van der Waals surface area contributed by atoms with Gasteiger partial charge in [-0.3, -0.25) is 14.9 Å². The van der Waals surface area contributed by atoms with Crippen LogP contribution in [0.3, 0.4) is 0 Å². The van der Waals surface area contributed by atoms with Crippen LogP contribution >= 0.6 is 11.3 Å². The molecule has 1 aromatic heterocycles. The highest BCUT2D eigenvalue weighted by atomic mass is 32.1. The van der Waals surface area contributed by atoms with E-state index in [1.165, 1.54) is 11.3 Å². The van der Waals surface area contributed by atoms with Crippen LogP contribution in [0.4, 0.5) is 5.13 Å². The third kappa shape index (κ3) is 3.27. The van der Waals surface area contributed by atoms with Gasteiger partial charge < -0.3 is 5.11 Å². The van der Waals surface area contributed by atoms with Gasteiger partial charge in [0.25, 0.3) is 5.91 Å². The lowest BCUT2D eigenvalue weighted by Crippen LogP contribution is -2.17. The Kier molecular flexibility index (Phi) is 4.17. The lowest BCUT2D eigenvalue weighted by molar-refractivity contribution is -0.139. The zero-order valence-corrected chi connectivity index (χ0v) is 13.9. The first-order chi connectivity index (χ1) is 10.9. The van der Waals surface area contributed by atoms with Gasteiger partial charge in [0.2, 0.25) is 0 Å². The summed E-state index contributed by atoms with van der Waals surface area (Å²) in [7, 11) is 0. The molecule has 0 saturated heterocycles. The Balaban J connectivity index is 1.83. The van der Waals surface area contributed by atoms with Crippen molar-refractivity contribution in [2.45, 2.75) is 39.0 Å². The van der Waals surface area contributed by atoms with Crippen molar-refractivity contribution in [3.05, 3.63) is 45.5 Å². The number of benzene rings is 1. The number of carbonyl (C=O) groups is 2. The standard InChI is InChI=1S/C17H18N2O3S/c1-9-6-10(2)8-11(7-9)15(20)19-17-18-14-12(16(21)22)4-3-5-13(14)23-17/h6-8,12H,3-5H2,1-2H3,(H,21,22)(H,18,19,20). The summed E-state index contributed by atoms with van der Waals surface area (Å²) < 4.78 is 0. The molecule has 0 bridgehead atoms. The van der Waals surface area contributed by atoms with Crippen molar-refractivity contribution in [3.8, 4) is 0 Å². The molecule has 0 aliphatic heterocycles. The van der Waals surface area contributed by atoms with E-state index >= 15 is 0 Å². The monoisotopic (exact) mass is 330 g/mol. The van der Waals surface area contributed by atoms with E-state index in [1.807, 2.05) is 32.0 Å². The zero-order valence-electron chi connectivity index (χ0n) is 13.0. The van der Waals surface area contributed by atoms with Crippen molar-refractivity contribution in [2.75, 3.05) is 5.32 Å². The summed E-state index contributed by atoms with van der Waals surface area (Å²) in [6, 6.07) is 5.67. The highest BCUT2D eigenvalue weighted by molar-refractivity contribution is 7.15. The van der Waals surface area contributed by atoms with Gasteiger partial charge in [-0.15, -0.1) is 11.3 Å².